The maximum atomic E-state index is 11.0. The predicted molar refractivity (Wildman–Crippen MR) is 105 cm³/mol. The number of rotatable bonds is 3. The van der Waals surface area contributed by atoms with Crippen molar-refractivity contribution in [3.63, 3.8) is 0 Å². The molecule has 0 atom stereocenters. The summed E-state index contributed by atoms with van der Waals surface area (Å²) < 4.78 is 4.01. The number of carboxylic acids is 1. The van der Waals surface area contributed by atoms with Crippen LogP contribution >= 0.6 is 0 Å². The Labute approximate surface area is 161 Å². The number of hydrogen-bond acceptors (Lipinski definition) is 3. The first kappa shape index (κ1) is 19.6. The number of carbonyl (C=O) groups is 1. The first-order chi connectivity index (χ1) is 12.5. The number of carboxylic acid groups (broad SMARTS) is 1. The summed E-state index contributed by atoms with van der Waals surface area (Å²) in [5.41, 5.74) is 2.68. The van der Waals surface area contributed by atoms with Gasteiger partial charge in [0.2, 0.25) is 0 Å². The molecule has 4 rings (SSSR count). The maximum Gasteiger partial charge on any atom is 0.339 e. The lowest BCUT2D eigenvalue weighted by molar-refractivity contribution is 0.0695. The molecule has 0 radical (unpaired) electrons. The Hall–Kier alpha value is -2.11. The molecule has 0 spiro atoms. The van der Waals surface area contributed by atoms with Crippen LogP contribution in [0.15, 0.2) is 18.5 Å². The first-order valence-corrected chi connectivity index (χ1v) is 9.86. The van der Waals surface area contributed by atoms with Crippen molar-refractivity contribution < 1.29 is 9.90 Å². The van der Waals surface area contributed by atoms with E-state index in [0.717, 1.165) is 24.5 Å². The minimum Gasteiger partial charge on any atom is -0.478 e. The summed E-state index contributed by atoms with van der Waals surface area (Å²) >= 11 is 0. The van der Waals surface area contributed by atoms with E-state index < -0.39 is 5.97 Å². The third-order valence-corrected chi connectivity index (χ3v) is 4.94. The fraction of sp³-hybridized carbons (Fsp3) is 0.667. The van der Waals surface area contributed by atoms with Gasteiger partial charge in [-0.3, -0.25) is 9.36 Å². The van der Waals surface area contributed by atoms with Gasteiger partial charge in [-0.05, 0) is 73.3 Å². The Balaban J connectivity index is 0.000000159. The van der Waals surface area contributed by atoms with Crippen LogP contribution in [0.2, 0.25) is 0 Å². The van der Waals surface area contributed by atoms with Gasteiger partial charge in [-0.15, -0.1) is 0 Å². The molecule has 0 unspecified atom stereocenters. The molecular weight excluding hydrogens is 340 g/mol. The fourth-order valence-electron chi connectivity index (χ4n) is 3.37. The van der Waals surface area contributed by atoms with Gasteiger partial charge in [0.05, 0.1) is 23.0 Å². The standard InChI is InChI=1S/C11H16N2O2.C10H16N2/c1-11(2,3)13-9(7-4-5-7)8(6-12-13)10(14)15;1-10(2,3)12-9(6-7-11-12)8-4-5-8/h6-7H,4-5H2,1-3H3,(H,14,15);6-8H,4-5H2,1-3H3. The van der Waals surface area contributed by atoms with Crippen molar-refractivity contribution in [3.05, 3.63) is 35.4 Å². The molecule has 2 heterocycles. The van der Waals surface area contributed by atoms with Crippen molar-refractivity contribution in [2.45, 2.75) is 90.1 Å². The van der Waals surface area contributed by atoms with Crippen molar-refractivity contribution in [1.29, 1.82) is 0 Å². The van der Waals surface area contributed by atoms with Crippen molar-refractivity contribution in [2.24, 2.45) is 0 Å². The Bertz CT molecular complexity index is 812. The molecule has 2 aromatic heterocycles. The van der Waals surface area contributed by atoms with Gasteiger partial charge < -0.3 is 5.11 Å². The van der Waals surface area contributed by atoms with Crippen LogP contribution in [0.1, 0.15) is 101 Å². The Kier molecular flexibility index (Phi) is 4.95. The smallest absolute Gasteiger partial charge is 0.339 e. The zero-order chi connectivity index (χ0) is 20.0. The first-order valence-electron chi connectivity index (χ1n) is 9.86. The van der Waals surface area contributed by atoms with Crippen molar-refractivity contribution in [2.75, 3.05) is 0 Å². The number of aromatic carboxylic acids is 1. The van der Waals surface area contributed by atoms with Crippen LogP contribution < -0.4 is 0 Å². The summed E-state index contributed by atoms with van der Waals surface area (Å²) in [6, 6.07) is 2.16. The molecule has 0 saturated heterocycles. The lowest BCUT2D eigenvalue weighted by atomic mass is 10.1. The molecule has 0 amide bonds. The van der Waals surface area contributed by atoms with E-state index in [4.69, 9.17) is 5.11 Å². The van der Waals surface area contributed by atoms with Gasteiger partial charge in [0.1, 0.15) is 5.56 Å². The second-order valence-corrected chi connectivity index (χ2v) is 9.72. The average molecular weight is 373 g/mol. The van der Waals surface area contributed by atoms with Crippen LogP contribution in [0.25, 0.3) is 0 Å². The third kappa shape index (κ3) is 4.42. The topological polar surface area (TPSA) is 72.9 Å². The summed E-state index contributed by atoms with van der Waals surface area (Å²) in [6.07, 6.45) is 8.26. The lowest BCUT2D eigenvalue weighted by Crippen LogP contribution is -2.25. The van der Waals surface area contributed by atoms with E-state index in [1.807, 2.05) is 31.6 Å². The highest BCUT2D eigenvalue weighted by Gasteiger charge is 2.35. The van der Waals surface area contributed by atoms with E-state index in [9.17, 15) is 4.79 Å². The average Bonchev–Trinajstić information content (AvgIpc) is 3.46. The highest BCUT2D eigenvalue weighted by atomic mass is 16.4. The van der Waals surface area contributed by atoms with Crippen LogP contribution in [0.4, 0.5) is 0 Å². The van der Waals surface area contributed by atoms with Crippen LogP contribution in [-0.2, 0) is 11.1 Å². The van der Waals surface area contributed by atoms with Gasteiger partial charge in [0, 0.05) is 23.7 Å². The van der Waals surface area contributed by atoms with Crippen LogP contribution in [-0.4, -0.2) is 30.6 Å². The van der Waals surface area contributed by atoms with Crippen LogP contribution in [0, 0.1) is 0 Å². The molecule has 0 bridgehead atoms. The summed E-state index contributed by atoms with van der Waals surface area (Å²) in [6.45, 7) is 12.7. The predicted octanol–water partition coefficient (Wildman–Crippen LogP) is 4.73. The maximum absolute atomic E-state index is 11.0. The largest absolute Gasteiger partial charge is 0.478 e. The highest BCUT2D eigenvalue weighted by Crippen LogP contribution is 2.43. The molecule has 2 aliphatic carbocycles. The molecule has 2 aromatic rings. The number of aromatic nitrogens is 4. The van der Waals surface area contributed by atoms with Gasteiger partial charge >= 0.3 is 5.97 Å². The fourth-order valence-corrected chi connectivity index (χ4v) is 3.37. The molecular formula is C21H32N4O2. The molecule has 2 saturated carbocycles. The summed E-state index contributed by atoms with van der Waals surface area (Å²) in [5.74, 6) is 0.331. The molecule has 27 heavy (non-hydrogen) atoms. The van der Waals surface area contributed by atoms with Crippen molar-refractivity contribution in [3.8, 4) is 0 Å². The molecule has 6 nitrogen and oxygen atoms in total. The molecule has 2 aliphatic rings. The van der Waals surface area contributed by atoms with Crippen LogP contribution in [0.5, 0.6) is 0 Å². The second kappa shape index (κ2) is 6.80. The Morgan fingerprint density at radius 1 is 0.963 bits per heavy atom. The number of hydrogen-bond donors (Lipinski definition) is 1. The minimum atomic E-state index is -0.868. The molecule has 1 N–H and O–H groups in total. The molecule has 148 valence electrons. The quantitative estimate of drug-likeness (QED) is 0.845. The van der Waals surface area contributed by atoms with E-state index >= 15 is 0 Å². The van der Waals surface area contributed by atoms with Gasteiger partial charge in [-0.25, -0.2) is 4.79 Å². The van der Waals surface area contributed by atoms with Crippen LogP contribution in [0.3, 0.4) is 0 Å². The summed E-state index contributed by atoms with van der Waals surface area (Å²) in [4.78, 5) is 11.0. The van der Waals surface area contributed by atoms with E-state index in [0.29, 0.717) is 11.5 Å². The lowest BCUT2D eigenvalue weighted by Gasteiger charge is -2.22. The summed E-state index contributed by atoms with van der Waals surface area (Å²) in [5, 5.41) is 17.6. The molecule has 6 heteroatoms. The third-order valence-electron chi connectivity index (χ3n) is 4.94. The highest BCUT2D eigenvalue weighted by molar-refractivity contribution is 5.89. The second-order valence-electron chi connectivity index (χ2n) is 9.72. The molecule has 0 aromatic carbocycles. The molecule has 2 fully saturated rings. The van der Waals surface area contributed by atoms with Gasteiger partial charge in [0.15, 0.2) is 0 Å². The summed E-state index contributed by atoms with van der Waals surface area (Å²) in [7, 11) is 0. The normalized spacial score (nSPS) is 17.4. The minimum absolute atomic E-state index is 0.140. The molecule has 0 aliphatic heterocycles. The Morgan fingerprint density at radius 3 is 1.96 bits per heavy atom. The number of nitrogens with zero attached hydrogens (tertiary/aromatic N) is 4. The van der Waals surface area contributed by atoms with Crippen molar-refractivity contribution in [1.82, 2.24) is 19.6 Å². The van der Waals surface area contributed by atoms with Gasteiger partial charge in [-0.2, -0.15) is 10.2 Å². The van der Waals surface area contributed by atoms with E-state index in [1.54, 1.807) is 0 Å². The SMILES string of the molecule is CC(C)(C)n1ncc(C(=O)O)c1C1CC1.CC(C)(C)n1nccc1C1CC1. The zero-order valence-corrected chi connectivity index (χ0v) is 17.4. The van der Waals surface area contributed by atoms with Gasteiger partial charge in [-0.1, -0.05) is 0 Å². The monoisotopic (exact) mass is 372 g/mol. The van der Waals surface area contributed by atoms with E-state index in [2.05, 4.69) is 41.7 Å². The van der Waals surface area contributed by atoms with Gasteiger partial charge in [0.25, 0.3) is 0 Å². The van der Waals surface area contributed by atoms with Crippen molar-refractivity contribution >= 4 is 5.97 Å². The zero-order valence-electron chi connectivity index (χ0n) is 17.4. The van der Waals surface area contributed by atoms with E-state index in [-0.39, 0.29) is 11.1 Å². The Morgan fingerprint density at radius 2 is 1.52 bits per heavy atom. The van der Waals surface area contributed by atoms with E-state index in [1.165, 1.54) is 24.7 Å².